The van der Waals surface area contributed by atoms with Gasteiger partial charge in [0.05, 0.1) is 17.8 Å². The SMILES string of the molecule is Cc1cn(C(C)C2CCCO2)c(NC2CC2)n1. The Morgan fingerprint density at radius 2 is 2.29 bits per heavy atom. The van der Waals surface area contributed by atoms with Crippen molar-refractivity contribution in [3.05, 3.63) is 11.9 Å². The quantitative estimate of drug-likeness (QED) is 0.871. The molecular weight excluding hydrogens is 214 g/mol. The summed E-state index contributed by atoms with van der Waals surface area (Å²) in [5.74, 6) is 1.02. The molecule has 4 nitrogen and oxygen atoms in total. The van der Waals surface area contributed by atoms with Crippen LogP contribution in [0.3, 0.4) is 0 Å². The number of rotatable bonds is 4. The van der Waals surface area contributed by atoms with Crippen molar-refractivity contribution in [3.63, 3.8) is 0 Å². The predicted molar refractivity (Wildman–Crippen MR) is 67.3 cm³/mol. The van der Waals surface area contributed by atoms with E-state index < -0.39 is 0 Å². The first kappa shape index (κ1) is 11.1. The molecule has 1 aliphatic heterocycles. The summed E-state index contributed by atoms with van der Waals surface area (Å²) >= 11 is 0. The van der Waals surface area contributed by atoms with E-state index in [1.165, 1.54) is 25.7 Å². The van der Waals surface area contributed by atoms with Gasteiger partial charge in [0.15, 0.2) is 0 Å². The largest absolute Gasteiger partial charge is 0.376 e. The number of imidazole rings is 1. The second-order valence-corrected chi connectivity index (χ2v) is 5.32. The number of nitrogens with zero attached hydrogens (tertiary/aromatic N) is 2. The molecule has 1 N–H and O–H groups in total. The molecule has 1 saturated heterocycles. The summed E-state index contributed by atoms with van der Waals surface area (Å²) in [4.78, 5) is 4.58. The Kier molecular flexibility index (Phi) is 2.82. The lowest BCUT2D eigenvalue weighted by atomic mass is 10.1. The monoisotopic (exact) mass is 235 g/mol. The molecule has 3 rings (SSSR count). The Morgan fingerprint density at radius 3 is 2.94 bits per heavy atom. The van der Waals surface area contributed by atoms with Crippen LogP contribution in [0.4, 0.5) is 5.95 Å². The smallest absolute Gasteiger partial charge is 0.203 e. The molecule has 1 saturated carbocycles. The van der Waals surface area contributed by atoms with Crippen LogP contribution in [0, 0.1) is 6.92 Å². The highest BCUT2D eigenvalue weighted by Gasteiger charge is 2.28. The van der Waals surface area contributed by atoms with Gasteiger partial charge >= 0.3 is 0 Å². The first-order valence-corrected chi connectivity index (χ1v) is 6.67. The van der Waals surface area contributed by atoms with Crippen molar-refractivity contribution >= 4 is 5.95 Å². The second kappa shape index (κ2) is 4.33. The molecule has 2 fully saturated rings. The highest BCUT2D eigenvalue weighted by molar-refractivity contribution is 5.33. The zero-order valence-corrected chi connectivity index (χ0v) is 10.6. The van der Waals surface area contributed by atoms with Gasteiger partial charge in [-0.15, -0.1) is 0 Å². The highest BCUT2D eigenvalue weighted by Crippen LogP contribution is 2.30. The van der Waals surface area contributed by atoms with E-state index in [1.54, 1.807) is 0 Å². The first-order chi connectivity index (χ1) is 8.24. The van der Waals surface area contributed by atoms with Gasteiger partial charge < -0.3 is 14.6 Å². The number of hydrogen-bond donors (Lipinski definition) is 1. The normalized spacial score (nSPS) is 26.1. The fourth-order valence-corrected chi connectivity index (χ4v) is 2.51. The molecule has 0 aromatic carbocycles. The highest BCUT2D eigenvalue weighted by atomic mass is 16.5. The average molecular weight is 235 g/mol. The van der Waals surface area contributed by atoms with Crippen molar-refractivity contribution in [2.45, 2.75) is 57.7 Å². The average Bonchev–Trinajstić information content (AvgIpc) is 2.82. The van der Waals surface area contributed by atoms with Crippen LogP contribution in [-0.4, -0.2) is 28.3 Å². The van der Waals surface area contributed by atoms with Gasteiger partial charge in [-0.05, 0) is 39.5 Å². The van der Waals surface area contributed by atoms with E-state index in [2.05, 4.69) is 34.9 Å². The third-order valence-corrected chi connectivity index (χ3v) is 3.71. The van der Waals surface area contributed by atoms with E-state index in [-0.39, 0.29) is 0 Å². The molecule has 94 valence electrons. The molecule has 1 aliphatic carbocycles. The topological polar surface area (TPSA) is 39.1 Å². The molecule has 0 bridgehead atoms. The van der Waals surface area contributed by atoms with Gasteiger partial charge in [0.2, 0.25) is 5.95 Å². The lowest BCUT2D eigenvalue weighted by molar-refractivity contribution is 0.0738. The van der Waals surface area contributed by atoms with Crippen LogP contribution in [0.15, 0.2) is 6.20 Å². The Morgan fingerprint density at radius 1 is 1.47 bits per heavy atom. The van der Waals surface area contributed by atoms with Crippen LogP contribution in [0.2, 0.25) is 0 Å². The van der Waals surface area contributed by atoms with Gasteiger partial charge in [-0.2, -0.15) is 0 Å². The molecule has 2 aliphatic rings. The number of anilines is 1. The van der Waals surface area contributed by atoms with Crippen molar-refractivity contribution in [2.75, 3.05) is 11.9 Å². The van der Waals surface area contributed by atoms with Crippen LogP contribution < -0.4 is 5.32 Å². The summed E-state index contributed by atoms with van der Waals surface area (Å²) in [5.41, 5.74) is 1.08. The van der Waals surface area contributed by atoms with Crippen molar-refractivity contribution < 1.29 is 4.74 Å². The van der Waals surface area contributed by atoms with E-state index in [1.807, 2.05) is 0 Å². The van der Waals surface area contributed by atoms with Crippen molar-refractivity contribution in [2.24, 2.45) is 0 Å². The maximum absolute atomic E-state index is 5.78. The Bertz CT molecular complexity index is 391. The zero-order valence-electron chi connectivity index (χ0n) is 10.6. The van der Waals surface area contributed by atoms with Crippen molar-refractivity contribution in [3.8, 4) is 0 Å². The standard InChI is InChI=1S/C13H21N3O/c1-9-8-16(10(2)12-4-3-7-17-12)13(14-9)15-11-5-6-11/h8,10-12H,3-7H2,1-2H3,(H,14,15). The molecular formula is C13H21N3O. The number of aryl methyl sites for hydroxylation is 1. The van der Waals surface area contributed by atoms with E-state index in [4.69, 9.17) is 4.74 Å². The fraction of sp³-hybridized carbons (Fsp3) is 0.769. The number of hydrogen-bond acceptors (Lipinski definition) is 3. The third kappa shape index (κ3) is 2.32. The fourth-order valence-electron chi connectivity index (χ4n) is 2.51. The summed E-state index contributed by atoms with van der Waals surface area (Å²) in [5, 5.41) is 3.51. The maximum atomic E-state index is 5.78. The van der Waals surface area contributed by atoms with Crippen molar-refractivity contribution in [1.82, 2.24) is 9.55 Å². The summed E-state index contributed by atoms with van der Waals surface area (Å²) in [7, 11) is 0. The van der Waals surface area contributed by atoms with Crippen LogP contribution in [-0.2, 0) is 4.74 Å². The van der Waals surface area contributed by atoms with E-state index >= 15 is 0 Å². The molecule has 2 unspecified atom stereocenters. The summed E-state index contributed by atoms with van der Waals surface area (Å²) in [6.45, 7) is 5.19. The molecule has 2 atom stereocenters. The summed E-state index contributed by atoms with van der Waals surface area (Å²) in [6, 6.07) is 1.02. The van der Waals surface area contributed by atoms with Gasteiger partial charge in [-0.1, -0.05) is 0 Å². The molecule has 0 amide bonds. The molecule has 2 heterocycles. The molecule has 0 radical (unpaired) electrons. The van der Waals surface area contributed by atoms with E-state index in [9.17, 15) is 0 Å². The minimum atomic E-state index is 0.350. The minimum Gasteiger partial charge on any atom is -0.376 e. The Balaban J connectivity index is 1.79. The number of aromatic nitrogens is 2. The van der Waals surface area contributed by atoms with Gasteiger partial charge in [0, 0.05) is 18.8 Å². The van der Waals surface area contributed by atoms with Crippen molar-refractivity contribution in [1.29, 1.82) is 0 Å². The lowest BCUT2D eigenvalue weighted by Crippen LogP contribution is -2.22. The van der Waals surface area contributed by atoms with Crippen LogP contribution >= 0.6 is 0 Å². The van der Waals surface area contributed by atoms with Crippen LogP contribution in [0.25, 0.3) is 0 Å². The molecule has 4 heteroatoms. The summed E-state index contributed by atoms with van der Waals surface area (Å²) < 4.78 is 8.03. The minimum absolute atomic E-state index is 0.350. The van der Waals surface area contributed by atoms with E-state index in [0.717, 1.165) is 18.2 Å². The molecule has 0 spiro atoms. The van der Waals surface area contributed by atoms with E-state index in [0.29, 0.717) is 18.2 Å². The second-order valence-electron chi connectivity index (χ2n) is 5.32. The third-order valence-electron chi connectivity index (χ3n) is 3.71. The molecule has 1 aromatic rings. The van der Waals surface area contributed by atoms with Gasteiger partial charge in [0.1, 0.15) is 0 Å². The maximum Gasteiger partial charge on any atom is 0.203 e. The lowest BCUT2D eigenvalue weighted by Gasteiger charge is -2.22. The Hall–Kier alpha value is -1.03. The molecule has 1 aromatic heterocycles. The number of nitrogens with one attached hydrogen (secondary N) is 1. The first-order valence-electron chi connectivity index (χ1n) is 6.67. The van der Waals surface area contributed by atoms with Gasteiger partial charge in [-0.3, -0.25) is 0 Å². The van der Waals surface area contributed by atoms with Gasteiger partial charge in [-0.25, -0.2) is 4.98 Å². The molecule has 17 heavy (non-hydrogen) atoms. The number of ether oxygens (including phenoxy) is 1. The van der Waals surface area contributed by atoms with Crippen LogP contribution in [0.1, 0.15) is 44.3 Å². The van der Waals surface area contributed by atoms with Gasteiger partial charge in [0.25, 0.3) is 0 Å². The van der Waals surface area contributed by atoms with Crippen LogP contribution in [0.5, 0.6) is 0 Å². The zero-order chi connectivity index (χ0) is 11.8. The Labute approximate surface area is 102 Å². The summed E-state index contributed by atoms with van der Waals surface area (Å²) in [6.07, 6.45) is 7.40. The predicted octanol–water partition coefficient (Wildman–Crippen LogP) is 2.51.